The summed E-state index contributed by atoms with van der Waals surface area (Å²) in [6.45, 7) is 4.81. The molecule has 1 fully saturated rings. The van der Waals surface area contributed by atoms with Crippen molar-refractivity contribution in [1.82, 2.24) is 14.5 Å². The highest BCUT2D eigenvalue weighted by Crippen LogP contribution is 2.31. The number of hydrogen-bond acceptors (Lipinski definition) is 4. The van der Waals surface area contributed by atoms with Gasteiger partial charge < -0.3 is 4.90 Å². The number of rotatable bonds is 3. The zero-order valence-electron chi connectivity index (χ0n) is 15.6. The number of nitrogens with zero attached hydrogens (tertiary/aromatic N) is 3. The maximum absolute atomic E-state index is 13.3. The van der Waals surface area contributed by atoms with Crippen LogP contribution in [0.25, 0.3) is 16.6 Å². The Morgan fingerprint density at radius 2 is 1.85 bits per heavy atom. The molecule has 2 heterocycles. The molecule has 4 rings (SSSR count). The van der Waals surface area contributed by atoms with Crippen LogP contribution in [0.4, 0.5) is 0 Å². The number of amides is 1. The van der Waals surface area contributed by atoms with Crippen LogP contribution in [0.2, 0.25) is 0 Å². The lowest BCUT2D eigenvalue weighted by Crippen LogP contribution is -2.26. The maximum Gasteiger partial charge on any atom is 0.266 e. The average Bonchev–Trinajstić information content (AvgIpc) is 2.97. The molecule has 1 aliphatic rings. The molecule has 5 nitrogen and oxygen atoms in total. The average molecular weight is 379 g/mol. The van der Waals surface area contributed by atoms with Gasteiger partial charge in [0.1, 0.15) is 0 Å². The Balaban J connectivity index is 1.91. The number of aryl methyl sites for hydroxylation is 2. The lowest BCUT2D eigenvalue weighted by Gasteiger charge is -2.16. The zero-order valence-corrected chi connectivity index (χ0v) is 16.4. The molecule has 0 spiro atoms. The van der Waals surface area contributed by atoms with Crippen molar-refractivity contribution in [2.75, 3.05) is 13.6 Å². The summed E-state index contributed by atoms with van der Waals surface area (Å²) in [5.41, 5.74) is 3.61. The standard InChI is InChI=1S/C21H21N3O2S/c1-13-8-9-15(12-14(13)2)24-19(25)16-6-4-5-7-17(16)22-21(24)27-18-10-11-23(3)20(18)26/h4-9,12,18H,10-11H2,1-3H3. The highest BCUT2D eigenvalue weighted by atomic mass is 32.2. The molecule has 6 heteroatoms. The molecule has 1 aromatic heterocycles. The summed E-state index contributed by atoms with van der Waals surface area (Å²) in [4.78, 5) is 32.2. The summed E-state index contributed by atoms with van der Waals surface area (Å²) in [7, 11) is 1.81. The quantitative estimate of drug-likeness (QED) is 0.655. The van der Waals surface area contributed by atoms with Gasteiger partial charge in [-0.25, -0.2) is 4.98 Å². The van der Waals surface area contributed by atoms with Crippen molar-refractivity contribution in [3.8, 4) is 5.69 Å². The zero-order chi connectivity index (χ0) is 19.1. The molecule has 1 atom stereocenters. The summed E-state index contributed by atoms with van der Waals surface area (Å²) < 4.78 is 1.64. The Bertz CT molecular complexity index is 1110. The van der Waals surface area contributed by atoms with Gasteiger partial charge in [0.15, 0.2) is 5.16 Å². The summed E-state index contributed by atoms with van der Waals surface area (Å²) in [6.07, 6.45) is 0.760. The van der Waals surface area contributed by atoms with E-state index in [2.05, 4.69) is 0 Å². The van der Waals surface area contributed by atoms with E-state index >= 15 is 0 Å². The summed E-state index contributed by atoms with van der Waals surface area (Å²) in [5, 5.41) is 0.936. The Morgan fingerprint density at radius 3 is 2.56 bits per heavy atom. The van der Waals surface area contributed by atoms with Crippen LogP contribution in [0.1, 0.15) is 17.5 Å². The first-order valence-corrected chi connectivity index (χ1v) is 9.85. The van der Waals surface area contributed by atoms with Gasteiger partial charge in [-0.3, -0.25) is 14.2 Å². The van der Waals surface area contributed by atoms with Crippen LogP contribution in [0.5, 0.6) is 0 Å². The van der Waals surface area contributed by atoms with Gasteiger partial charge in [0.05, 0.1) is 21.8 Å². The molecule has 1 unspecified atom stereocenters. The number of likely N-dealkylation sites (tertiary alicyclic amines) is 1. The van der Waals surface area contributed by atoms with Crippen LogP contribution >= 0.6 is 11.8 Å². The van der Waals surface area contributed by atoms with E-state index < -0.39 is 0 Å². The number of aromatic nitrogens is 2. The molecular formula is C21H21N3O2S. The maximum atomic E-state index is 13.3. The second-order valence-corrected chi connectivity index (χ2v) is 8.15. The third-order valence-electron chi connectivity index (χ3n) is 5.12. The molecule has 2 aromatic carbocycles. The number of thioether (sulfide) groups is 1. The van der Waals surface area contributed by atoms with Gasteiger partial charge in [0, 0.05) is 13.6 Å². The molecule has 27 heavy (non-hydrogen) atoms. The summed E-state index contributed by atoms with van der Waals surface area (Å²) in [5.74, 6) is 0.0917. The Hall–Kier alpha value is -2.60. The monoisotopic (exact) mass is 379 g/mol. The molecule has 1 saturated heterocycles. The molecule has 0 radical (unpaired) electrons. The molecule has 0 saturated carbocycles. The fraction of sp³-hybridized carbons (Fsp3) is 0.286. The predicted molar refractivity (Wildman–Crippen MR) is 109 cm³/mol. The van der Waals surface area contributed by atoms with Crippen molar-refractivity contribution >= 4 is 28.6 Å². The second-order valence-electron chi connectivity index (χ2n) is 6.98. The Labute approximate surface area is 162 Å². The summed E-state index contributed by atoms with van der Waals surface area (Å²) in [6, 6.07) is 13.3. The topological polar surface area (TPSA) is 55.2 Å². The van der Waals surface area contributed by atoms with Crippen molar-refractivity contribution in [2.45, 2.75) is 30.7 Å². The van der Waals surface area contributed by atoms with Crippen molar-refractivity contribution in [2.24, 2.45) is 0 Å². The van der Waals surface area contributed by atoms with Gasteiger partial charge in [0.25, 0.3) is 5.56 Å². The number of hydrogen-bond donors (Lipinski definition) is 0. The number of carbonyl (C=O) groups excluding carboxylic acids is 1. The first-order chi connectivity index (χ1) is 13.0. The first-order valence-electron chi connectivity index (χ1n) is 8.97. The van der Waals surface area contributed by atoms with Crippen LogP contribution in [0, 0.1) is 13.8 Å². The van der Waals surface area contributed by atoms with Crippen LogP contribution in [0.15, 0.2) is 52.4 Å². The molecule has 1 aliphatic heterocycles. The van der Waals surface area contributed by atoms with Crippen LogP contribution in [0.3, 0.4) is 0 Å². The second kappa shape index (κ2) is 6.85. The first kappa shape index (κ1) is 17.8. The van der Waals surface area contributed by atoms with Gasteiger partial charge in [-0.15, -0.1) is 0 Å². The van der Waals surface area contributed by atoms with Crippen molar-refractivity contribution in [3.05, 3.63) is 63.9 Å². The number of benzene rings is 2. The Kier molecular flexibility index (Phi) is 4.52. The highest BCUT2D eigenvalue weighted by Gasteiger charge is 2.31. The van der Waals surface area contributed by atoms with E-state index in [0.29, 0.717) is 16.1 Å². The highest BCUT2D eigenvalue weighted by molar-refractivity contribution is 8.00. The fourth-order valence-corrected chi connectivity index (χ4v) is 4.51. The van der Waals surface area contributed by atoms with Gasteiger partial charge in [-0.1, -0.05) is 30.0 Å². The van der Waals surface area contributed by atoms with E-state index in [1.165, 1.54) is 17.3 Å². The minimum absolute atomic E-state index is 0.0917. The van der Waals surface area contributed by atoms with Crippen molar-refractivity contribution in [3.63, 3.8) is 0 Å². The lowest BCUT2D eigenvalue weighted by atomic mass is 10.1. The smallest absolute Gasteiger partial charge is 0.266 e. The van der Waals surface area contributed by atoms with Crippen molar-refractivity contribution in [1.29, 1.82) is 0 Å². The van der Waals surface area contributed by atoms with Gasteiger partial charge in [0.2, 0.25) is 5.91 Å². The molecular weight excluding hydrogens is 358 g/mol. The molecule has 0 N–H and O–H groups in total. The molecule has 138 valence electrons. The number of fused-ring (bicyclic) bond motifs is 1. The predicted octanol–water partition coefficient (Wildman–Crippen LogP) is 3.33. The molecule has 0 bridgehead atoms. The van der Waals surface area contributed by atoms with E-state index in [-0.39, 0.29) is 16.7 Å². The number of para-hydroxylation sites is 1. The minimum atomic E-state index is -0.208. The number of carbonyl (C=O) groups is 1. The third kappa shape index (κ3) is 3.14. The lowest BCUT2D eigenvalue weighted by molar-refractivity contribution is -0.126. The van der Waals surface area contributed by atoms with E-state index in [0.717, 1.165) is 24.2 Å². The summed E-state index contributed by atoms with van der Waals surface area (Å²) >= 11 is 1.38. The van der Waals surface area contributed by atoms with Gasteiger partial charge in [-0.2, -0.15) is 0 Å². The van der Waals surface area contributed by atoms with E-state index in [1.807, 2.05) is 57.3 Å². The van der Waals surface area contributed by atoms with Crippen LogP contribution in [-0.4, -0.2) is 39.2 Å². The van der Waals surface area contributed by atoms with E-state index in [1.54, 1.807) is 15.5 Å². The largest absolute Gasteiger partial charge is 0.345 e. The van der Waals surface area contributed by atoms with Crippen LogP contribution < -0.4 is 5.56 Å². The van der Waals surface area contributed by atoms with Crippen LogP contribution in [-0.2, 0) is 4.79 Å². The Morgan fingerprint density at radius 1 is 1.07 bits per heavy atom. The minimum Gasteiger partial charge on any atom is -0.345 e. The van der Waals surface area contributed by atoms with Crippen molar-refractivity contribution < 1.29 is 4.79 Å². The van der Waals surface area contributed by atoms with E-state index in [9.17, 15) is 9.59 Å². The fourth-order valence-electron chi connectivity index (χ4n) is 3.31. The van der Waals surface area contributed by atoms with E-state index in [4.69, 9.17) is 4.98 Å². The third-order valence-corrected chi connectivity index (χ3v) is 6.33. The van der Waals surface area contributed by atoms with Gasteiger partial charge >= 0.3 is 0 Å². The molecule has 1 amide bonds. The van der Waals surface area contributed by atoms with Gasteiger partial charge in [-0.05, 0) is 55.7 Å². The normalized spacial score (nSPS) is 17.1. The molecule has 0 aliphatic carbocycles. The SMILES string of the molecule is Cc1ccc(-n2c(SC3CCN(C)C3=O)nc3ccccc3c2=O)cc1C. The molecule has 3 aromatic rings.